The Morgan fingerprint density at radius 3 is 0.950 bits per heavy atom. The molecule has 0 aliphatic heterocycles. The van der Waals surface area contributed by atoms with E-state index in [0.29, 0.717) is 0 Å². The zero-order valence-corrected chi connectivity index (χ0v) is 19.3. The van der Waals surface area contributed by atoms with E-state index in [1.807, 2.05) is 0 Å². The summed E-state index contributed by atoms with van der Waals surface area (Å²) in [6, 6.07) is 0. The second kappa shape index (κ2) is 7.96. The van der Waals surface area contributed by atoms with Gasteiger partial charge in [0.15, 0.2) is 0 Å². The Balaban J connectivity index is 1.79. The molecule has 2 heteroatoms. The van der Waals surface area contributed by atoms with Crippen LogP contribution in [0.4, 0.5) is 0 Å². The molecule has 3 aliphatic carbocycles. The molecule has 0 amide bonds. The number of hydrogen-bond acceptors (Lipinski definition) is 0. The number of rotatable bonds is 3. The van der Waals surface area contributed by atoms with Crippen molar-refractivity contribution in [1.29, 1.82) is 0 Å². The van der Waals surface area contributed by atoms with Crippen LogP contribution in [-0.4, -0.2) is 16.9 Å². The van der Waals surface area contributed by atoms with Gasteiger partial charge >= 0.3 is 141 Å². The molecule has 0 atom stereocenters. The van der Waals surface area contributed by atoms with Crippen LogP contribution in [0.25, 0.3) is 0 Å². The third-order valence-corrected chi connectivity index (χ3v) is 51.2. The predicted octanol–water partition coefficient (Wildman–Crippen LogP) is 7.37. The first-order valence-corrected chi connectivity index (χ1v) is 27.2. The van der Waals surface area contributed by atoms with Gasteiger partial charge in [0.25, 0.3) is 0 Å². The van der Waals surface area contributed by atoms with Crippen molar-refractivity contribution in [2.24, 2.45) is 0 Å². The standard InChI is InChI=1S/3C6H11.HI.Pb/c3*1-2-4-6-5-3-1;;/h3*1H,2-6H2;1H;/q;;;;+1/p-1. The summed E-state index contributed by atoms with van der Waals surface area (Å²) in [7, 11) is 0. The number of hydrogen-bond donors (Lipinski definition) is 0. The Hall–Kier alpha value is 1.65. The molecule has 0 spiro atoms. The molecule has 0 bridgehead atoms. The monoisotopic (exact) mass is 584 g/mol. The van der Waals surface area contributed by atoms with E-state index < -0.39 is 16.9 Å². The second-order valence-corrected chi connectivity index (χ2v) is 40.2. The molecule has 0 N–H and O–H groups in total. The summed E-state index contributed by atoms with van der Waals surface area (Å²) in [5.41, 5.74) is 0. The molecule has 0 aromatic carbocycles. The van der Waals surface area contributed by atoms with Gasteiger partial charge in [-0.1, -0.05) is 0 Å². The third kappa shape index (κ3) is 3.59. The van der Waals surface area contributed by atoms with Crippen LogP contribution in [0.5, 0.6) is 0 Å². The van der Waals surface area contributed by atoms with Crippen molar-refractivity contribution in [1.82, 2.24) is 0 Å². The normalized spacial score (nSPS) is 28.6. The molecule has 20 heavy (non-hydrogen) atoms. The van der Waals surface area contributed by atoms with Gasteiger partial charge in [-0.3, -0.25) is 0 Å². The van der Waals surface area contributed by atoms with Crippen LogP contribution in [0, 0.1) is 0 Å². The van der Waals surface area contributed by atoms with Gasteiger partial charge in [0.05, 0.1) is 0 Å². The van der Waals surface area contributed by atoms with Crippen LogP contribution in [-0.2, 0) is 0 Å². The van der Waals surface area contributed by atoms with Gasteiger partial charge in [-0.05, 0) is 0 Å². The summed E-state index contributed by atoms with van der Waals surface area (Å²) in [4.78, 5) is 0. The van der Waals surface area contributed by atoms with Gasteiger partial charge in [0.1, 0.15) is 0 Å². The first-order valence-electron chi connectivity index (χ1n) is 9.50. The zero-order valence-electron chi connectivity index (χ0n) is 13.2. The molecule has 0 aromatic heterocycles. The summed E-state index contributed by atoms with van der Waals surface area (Å²) >= 11 is 1.12. The Labute approximate surface area is 140 Å². The average Bonchev–Trinajstić information content (AvgIpc) is 2.56. The van der Waals surface area contributed by atoms with Crippen LogP contribution < -0.4 is 0 Å². The second-order valence-electron chi connectivity index (χ2n) is 7.83. The molecule has 3 aliphatic rings. The summed E-state index contributed by atoms with van der Waals surface area (Å²) in [6.45, 7) is 0. The molecule has 0 saturated heterocycles. The molecular formula is C18H33IPb. The molecule has 3 fully saturated rings. The fourth-order valence-electron chi connectivity index (χ4n) is 5.64. The Morgan fingerprint density at radius 1 is 0.450 bits per heavy atom. The van der Waals surface area contributed by atoms with Crippen LogP contribution in [0.2, 0.25) is 10.4 Å². The van der Waals surface area contributed by atoms with Crippen LogP contribution in [0.3, 0.4) is 0 Å². The van der Waals surface area contributed by atoms with Crippen LogP contribution in [0.15, 0.2) is 0 Å². The Kier molecular flexibility index (Phi) is 6.57. The molecule has 0 radical (unpaired) electrons. The van der Waals surface area contributed by atoms with Gasteiger partial charge in [-0.25, -0.2) is 0 Å². The van der Waals surface area contributed by atoms with Gasteiger partial charge in [-0.2, -0.15) is 0 Å². The molecule has 0 aromatic rings. The van der Waals surface area contributed by atoms with Crippen molar-refractivity contribution in [2.45, 2.75) is 107 Å². The van der Waals surface area contributed by atoms with Crippen molar-refractivity contribution in [2.75, 3.05) is 0 Å². The fraction of sp³-hybridized carbons (Fsp3) is 1.00. The van der Waals surface area contributed by atoms with Crippen LogP contribution >= 0.6 is 17.8 Å². The zero-order chi connectivity index (χ0) is 13.8. The van der Waals surface area contributed by atoms with Gasteiger partial charge < -0.3 is 0 Å². The van der Waals surface area contributed by atoms with Gasteiger partial charge in [0, 0.05) is 0 Å². The summed E-state index contributed by atoms with van der Waals surface area (Å²) in [5.74, 6) is 0. The molecule has 3 saturated carbocycles. The van der Waals surface area contributed by atoms with E-state index in [4.69, 9.17) is 0 Å². The van der Waals surface area contributed by atoms with Crippen molar-refractivity contribution in [3.8, 4) is 0 Å². The van der Waals surface area contributed by atoms with Gasteiger partial charge in [0.2, 0.25) is 0 Å². The molecule has 0 unspecified atom stereocenters. The van der Waals surface area contributed by atoms with Crippen molar-refractivity contribution in [3.63, 3.8) is 0 Å². The maximum atomic E-state index is 3.25. The summed E-state index contributed by atoms with van der Waals surface area (Å²) < 4.78 is 3.84. The summed E-state index contributed by atoms with van der Waals surface area (Å²) in [5, 5.41) is 0. The van der Waals surface area contributed by atoms with E-state index >= 15 is 0 Å². The quantitative estimate of drug-likeness (QED) is 0.241. The molecule has 0 heterocycles. The van der Waals surface area contributed by atoms with E-state index in [9.17, 15) is 0 Å². The minimum absolute atomic E-state index is 1.28. The van der Waals surface area contributed by atoms with Crippen molar-refractivity contribution in [3.05, 3.63) is 0 Å². The topological polar surface area (TPSA) is 0 Å². The fourth-order valence-corrected chi connectivity index (χ4v) is 44.9. The maximum absolute atomic E-state index is 3.25. The van der Waals surface area contributed by atoms with Crippen molar-refractivity contribution >= 4 is 34.6 Å². The van der Waals surface area contributed by atoms with E-state index in [0.717, 1.165) is 0 Å². The van der Waals surface area contributed by atoms with Gasteiger partial charge in [-0.15, -0.1) is 0 Å². The molecule has 3 rings (SSSR count). The van der Waals surface area contributed by atoms with E-state index in [1.54, 1.807) is 96.3 Å². The number of halogens is 1. The first-order chi connectivity index (χ1) is 9.82. The Bertz CT molecular complexity index is 240. The van der Waals surface area contributed by atoms with E-state index in [2.05, 4.69) is 17.8 Å². The average molecular weight is 584 g/mol. The molecule has 0 nitrogen and oxygen atoms in total. The summed E-state index contributed by atoms with van der Waals surface area (Å²) in [6.07, 6.45) is 24.0. The van der Waals surface area contributed by atoms with E-state index in [-0.39, 0.29) is 0 Å². The van der Waals surface area contributed by atoms with E-state index in [1.165, 1.54) is 10.4 Å². The predicted molar refractivity (Wildman–Crippen MR) is 100 cm³/mol. The van der Waals surface area contributed by atoms with Crippen molar-refractivity contribution < 1.29 is 0 Å². The SMILES string of the molecule is [I][Pb]([CH]1CCCCC1)([CH]1CCCCC1)[CH]1CCCCC1. The molecule has 116 valence electrons. The third-order valence-electron chi connectivity index (χ3n) is 6.69. The molecular weight excluding hydrogens is 550 g/mol. The Morgan fingerprint density at radius 2 is 0.700 bits per heavy atom. The van der Waals surface area contributed by atoms with Crippen LogP contribution in [0.1, 0.15) is 96.3 Å². The minimum atomic E-state index is -2.13. The first kappa shape index (κ1) is 16.5.